The van der Waals surface area contributed by atoms with Gasteiger partial charge in [-0.1, -0.05) is 54.6 Å². The number of rotatable bonds is 2. The maximum Gasteiger partial charge on any atom is 0.0879 e. The second-order valence-electron chi connectivity index (χ2n) is 3.43. The summed E-state index contributed by atoms with van der Waals surface area (Å²) in [5, 5.41) is 2.04. The molecule has 1 nitrogen and oxygen atoms in total. The van der Waals surface area contributed by atoms with Crippen LogP contribution >= 0.6 is 8.15 Å². The third-order valence-electron chi connectivity index (χ3n) is 2.34. The molecule has 0 heterocycles. The minimum absolute atomic E-state index is 0. The van der Waals surface area contributed by atoms with Crippen LogP contribution in [0.2, 0.25) is 0 Å². The van der Waals surface area contributed by atoms with Gasteiger partial charge >= 0.3 is 0 Å². The molecule has 0 saturated heterocycles. The standard InChI is InChI=1S/C13H13OP.B/c1-11-7-5-6-10-13(11)15(14)12-8-3-2-4-9-12;/h2-10,14H,1H3;. The highest BCUT2D eigenvalue weighted by molar-refractivity contribution is 7.67. The van der Waals surface area contributed by atoms with Gasteiger partial charge in [-0.15, -0.1) is 0 Å². The fourth-order valence-corrected chi connectivity index (χ4v) is 2.88. The molecule has 0 fully saturated rings. The van der Waals surface area contributed by atoms with Crippen LogP contribution in [0.4, 0.5) is 0 Å². The van der Waals surface area contributed by atoms with Crippen LogP contribution in [-0.2, 0) is 0 Å². The Morgan fingerprint density at radius 2 is 1.44 bits per heavy atom. The van der Waals surface area contributed by atoms with Crippen molar-refractivity contribution in [2.75, 3.05) is 0 Å². The van der Waals surface area contributed by atoms with Crippen LogP contribution in [0.15, 0.2) is 54.6 Å². The fourth-order valence-electron chi connectivity index (χ4n) is 1.51. The third kappa shape index (κ3) is 2.72. The molecular weight excluding hydrogens is 214 g/mol. The van der Waals surface area contributed by atoms with Gasteiger partial charge in [-0.3, -0.25) is 0 Å². The highest BCUT2D eigenvalue weighted by atomic mass is 31.1. The van der Waals surface area contributed by atoms with Crippen molar-refractivity contribution in [2.24, 2.45) is 0 Å². The van der Waals surface area contributed by atoms with Gasteiger partial charge in [0.15, 0.2) is 0 Å². The topological polar surface area (TPSA) is 20.2 Å². The second kappa shape index (κ2) is 5.84. The first-order valence-corrected chi connectivity index (χ1v) is 6.18. The number of hydrogen-bond acceptors (Lipinski definition) is 1. The summed E-state index contributed by atoms with van der Waals surface area (Å²) < 4.78 is 0. The predicted molar refractivity (Wildman–Crippen MR) is 71.8 cm³/mol. The molecule has 0 spiro atoms. The molecule has 3 heteroatoms. The van der Waals surface area contributed by atoms with Crippen LogP contribution in [0, 0.1) is 6.92 Å². The summed E-state index contributed by atoms with van der Waals surface area (Å²) >= 11 is 0. The van der Waals surface area contributed by atoms with E-state index in [-0.39, 0.29) is 8.41 Å². The summed E-state index contributed by atoms with van der Waals surface area (Å²) in [4.78, 5) is 10.2. The average molecular weight is 227 g/mol. The molecular formula is C13H13BOP. The minimum Gasteiger partial charge on any atom is -0.364 e. The molecule has 1 unspecified atom stereocenters. The van der Waals surface area contributed by atoms with Crippen LogP contribution in [0.5, 0.6) is 0 Å². The van der Waals surface area contributed by atoms with Crippen molar-refractivity contribution in [1.29, 1.82) is 0 Å². The lowest BCUT2D eigenvalue weighted by Gasteiger charge is -2.13. The van der Waals surface area contributed by atoms with Crippen LogP contribution in [-0.4, -0.2) is 13.3 Å². The molecule has 0 aliphatic rings. The van der Waals surface area contributed by atoms with E-state index in [0.29, 0.717) is 0 Å². The summed E-state index contributed by atoms with van der Waals surface area (Å²) in [5.41, 5.74) is 1.15. The Labute approximate surface area is 99.6 Å². The van der Waals surface area contributed by atoms with E-state index in [1.165, 1.54) is 0 Å². The predicted octanol–water partition coefficient (Wildman–Crippen LogP) is 1.95. The van der Waals surface area contributed by atoms with Gasteiger partial charge in [0.05, 0.1) is 8.15 Å². The molecule has 0 bridgehead atoms. The van der Waals surface area contributed by atoms with E-state index in [1.54, 1.807) is 0 Å². The molecule has 79 valence electrons. The molecule has 1 atom stereocenters. The van der Waals surface area contributed by atoms with E-state index < -0.39 is 8.15 Å². The molecule has 16 heavy (non-hydrogen) atoms. The lowest BCUT2D eigenvalue weighted by molar-refractivity contribution is 0.644. The summed E-state index contributed by atoms with van der Waals surface area (Å²) in [6.07, 6.45) is 0. The van der Waals surface area contributed by atoms with Gasteiger partial charge in [-0.05, 0) is 12.5 Å². The van der Waals surface area contributed by atoms with Gasteiger partial charge < -0.3 is 4.89 Å². The zero-order valence-corrected chi connectivity index (χ0v) is 10.1. The fraction of sp³-hybridized carbons (Fsp3) is 0.0769. The molecule has 2 aromatic carbocycles. The lowest BCUT2D eigenvalue weighted by atomic mass is 10.2. The monoisotopic (exact) mass is 227 g/mol. The van der Waals surface area contributed by atoms with Crippen molar-refractivity contribution in [2.45, 2.75) is 6.92 Å². The van der Waals surface area contributed by atoms with Gasteiger partial charge in [-0.25, -0.2) is 0 Å². The van der Waals surface area contributed by atoms with Crippen LogP contribution in [0.25, 0.3) is 0 Å². The van der Waals surface area contributed by atoms with E-state index in [4.69, 9.17) is 0 Å². The molecule has 0 aliphatic carbocycles. The number of aryl methyl sites for hydroxylation is 1. The Morgan fingerprint density at radius 3 is 2.06 bits per heavy atom. The summed E-state index contributed by atoms with van der Waals surface area (Å²) in [6.45, 7) is 2.03. The smallest absolute Gasteiger partial charge is 0.0879 e. The Morgan fingerprint density at radius 1 is 0.875 bits per heavy atom. The summed E-state index contributed by atoms with van der Waals surface area (Å²) in [5.74, 6) is 0. The molecule has 2 rings (SSSR count). The van der Waals surface area contributed by atoms with Gasteiger partial charge in [-0.2, -0.15) is 0 Å². The Kier molecular flexibility index (Phi) is 4.73. The van der Waals surface area contributed by atoms with Crippen molar-refractivity contribution in [1.82, 2.24) is 0 Å². The van der Waals surface area contributed by atoms with Crippen LogP contribution in [0.1, 0.15) is 5.56 Å². The zero-order valence-electron chi connectivity index (χ0n) is 9.17. The maximum atomic E-state index is 10.2. The van der Waals surface area contributed by atoms with Gasteiger partial charge in [0.25, 0.3) is 0 Å². The highest BCUT2D eigenvalue weighted by Crippen LogP contribution is 2.28. The molecule has 0 amide bonds. The first-order chi connectivity index (χ1) is 7.29. The lowest BCUT2D eigenvalue weighted by Crippen LogP contribution is -2.13. The Balaban J connectivity index is 0.00000128. The second-order valence-corrected chi connectivity index (χ2v) is 5.06. The Hall–Kier alpha value is -1.11. The van der Waals surface area contributed by atoms with E-state index in [2.05, 4.69) is 0 Å². The average Bonchev–Trinajstić information content (AvgIpc) is 2.30. The molecule has 0 aromatic heterocycles. The molecule has 0 aliphatic heterocycles. The summed E-state index contributed by atoms with van der Waals surface area (Å²) in [6, 6.07) is 17.8. The Bertz CT molecular complexity index is 445. The normalized spacial score (nSPS) is 11.6. The van der Waals surface area contributed by atoms with Gasteiger partial charge in [0.2, 0.25) is 0 Å². The molecule has 2 aromatic rings. The van der Waals surface area contributed by atoms with Crippen molar-refractivity contribution in [3.8, 4) is 0 Å². The van der Waals surface area contributed by atoms with Gasteiger partial charge in [0.1, 0.15) is 0 Å². The van der Waals surface area contributed by atoms with Crippen molar-refractivity contribution in [3.63, 3.8) is 0 Å². The molecule has 3 radical (unpaired) electrons. The maximum absolute atomic E-state index is 10.2. The SMILES string of the molecule is Cc1ccccc1P(O)c1ccccc1.[B]. The van der Waals surface area contributed by atoms with Crippen molar-refractivity contribution in [3.05, 3.63) is 60.2 Å². The molecule has 1 N–H and O–H groups in total. The van der Waals surface area contributed by atoms with E-state index in [1.807, 2.05) is 61.5 Å². The molecule has 0 saturated carbocycles. The number of benzene rings is 2. The van der Waals surface area contributed by atoms with Crippen LogP contribution in [0.3, 0.4) is 0 Å². The first-order valence-electron chi connectivity index (χ1n) is 4.89. The van der Waals surface area contributed by atoms with Crippen molar-refractivity contribution >= 4 is 27.2 Å². The first kappa shape index (κ1) is 13.0. The largest absolute Gasteiger partial charge is 0.364 e. The summed E-state index contributed by atoms with van der Waals surface area (Å²) in [7, 11) is -1.19. The van der Waals surface area contributed by atoms with Crippen LogP contribution < -0.4 is 10.6 Å². The van der Waals surface area contributed by atoms with E-state index >= 15 is 0 Å². The van der Waals surface area contributed by atoms with Gasteiger partial charge in [0, 0.05) is 19.0 Å². The van der Waals surface area contributed by atoms with Crippen molar-refractivity contribution < 1.29 is 4.89 Å². The highest BCUT2D eigenvalue weighted by Gasteiger charge is 2.11. The quantitative estimate of drug-likeness (QED) is 0.614. The van der Waals surface area contributed by atoms with E-state index in [0.717, 1.165) is 16.2 Å². The third-order valence-corrected chi connectivity index (χ3v) is 4.09. The minimum atomic E-state index is -1.19. The van der Waals surface area contributed by atoms with E-state index in [9.17, 15) is 4.89 Å². The zero-order chi connectivity index (χ0) is 10.7. The number of hydrogen-bond donors (Lipinski definition) is 1.